The summed E-state index contributed by atoms with van der Waals surface area (Å²) in [5.74, 6) is 0.0196. The van der Waals surface area contributed by atoms with Gasteiger partial charge in [-0.2, -0.15) is 0 Å². The van der Waals surface area contributed by atoms with Crippen molar-refractivity contribution in [3.63, 3.8) is 0 Å². The molecule has 0 fully saturated rings. The summed E-state index contributed by atoms with van der Waals surface area (Å²) >= 11 is 5.88. The molecule has 0 radical (unpaired) electrons. The lowest BCUT2D eigenvalue weighted by molar-refractivity contribution is 0.440. The van der Waals surface area contributed by atoms with Gasteiger partial charge in [-0.3, -0.25) is 4.98 Å². The predicted molar refractivity (Wildman–Crippen MR) is 69.7 cm³/mol. The van der Waals surface area contributed by atoms with Crippen molar-refractivity contribution in [3.05, 3.63) is 53.1 Å². The van der Waals surface area contributed by atoms with Gasteiger partial charge in [0.1, 0.15) is 5.75 Å². The molecule has 0 bridgehead atoms. The molecule has 0 atom stereocenters. The van der Waals surface area contributed by atoms with Crippen LogP contribution < -0.4 is 4.74 Å². The Hall–Kier alpha value is -1.61. The van der Waals surface area contributed by atoms with Gasteiger partial charge in [-0.05, 0) is 30.7 Å². The smallest absolute Gasteiger partial charge is 0.181 e. The van der Waals surface area contributed by atoms with E-state index in [1.807, 2.05) is 6.07 Å². The molecule has 18 heavy (non-hydrogen) atoms. The zero-order valence-corrected chi connectivity index (χ0v) is 10.7. The minimum absolute atomic E-state index is 0.0317. The standard InChI is InChI=1S/C14H13ClFNO/c1-2-4-10-7-8-11(9-17-10)18-14-12(15)5-3-6-13(14)16/h3,5-9H,2,4H2,1H3. The highest BCUT2D eigenvalue weighted by Crippen LogP contribution is 2.31. The van der Waals surface area contributed by atoms with Crippen molar-refractivity contribution in [2.45, 2.75) is 19.8 Å². The number of hydrogen-bond donors (Lipinski definition) is 0. The summed E-state index contributed by atoms with van der Waals surface area (Å²) in [4.78, 5) is 4.23. The second kappa shape index (κ2) is 5.83. The number of halogens is 2. The third-order valence-electron chi connectivity index (χ3n) is 2.44. The predicted octanol–water partition coefficient (Wildman–Crippen LogP) is 4.62. The van der Waals surface area contributed by atoms with E-state index in [0.717, 1.165) is 18.5 Å². The second-order valence-corrected chi connectivity index (χ2v) is 4.30. The Morgan fingerprint density at radius 3 is 2.72 bits per heavy atom. The molecule has 2 aromatic rings. The van der Waals surface area contributed by atoms with Crippen LogP contribution in [0, 0.1) is 5.82 Å². The van der Waals surface area contributed by atoms with Crippen LogP contribution in [0.3, 0.4) is 0 Å². The molecule has 1 heterocycles. The largest absolute Gasteiger partial charge is 0.451 e. The molecule has 4 heteroatoms. The molecule has 0 N–H and O–H groups in total. The van der Waals surface area contributed by atoms with Gasteiger partial charge in [-0.1, -0.05) is 31.0 Å². The van der Waals surface area contributed by atoms with E-state index < -0.39 is 5.82 Å². The van der Waals surface area contributed by atoms with Crippen LogP contribution in [0.1, 0.15) is 19.0 Å². The van der Waals surface area contributed by atoms with Crippen molar-refractivity contribution < 1.29 is 9.13 Å². The number of para-hydroxylation sites is 1. The van der Waals surface area contributed by atoms with Gasteiger partial charge < -0.3 is 4.74 Å². The third kappa shape index (κ3) is 2.99. The van der Waals surface area contributed by atoms with Crippen LogP contribution in [0.2, 0.25) is 5.02 Å². The average molecular weight is 266 g/mol. The van der Waals surface area contributed by atoms with Crippen molar-refractivity contribution in [3.8, 4) is 11.5 Å². The van der Waals surface area contributed by atoms with Crippen LogP contribution in [-0.2, 0) is 6.42 Å². The van der Waals surface area contributed by atoms with Crippen LogP contribution in [-0.4, -0.2) is 4.98 Å². The van der Waals surface area contributed by atoms with E-state index in [0.29, 0.717) is 5.75 Å². The molecule has 94 valence electrons. The van der Waals surface area contributed by atoms with E-state index >= 15 is 0 Å². The highest BCUT2D eigenvalue weighted by Gasteiger charge is 2.09. The highest BCUT2D eigenvalue weighted by molar-refractivity contribution is 6.32. The molecule has 0 saturated carbocycles. The second-order valence-electron chi connectivity index (χ2n) is 3.89. The zero-order valence-electron chi connectivity index (χ0n) is 9.99. The van der Waals surface area contributed by atoms with Gasteiger partial charge in [0.25, 0.3) is 0 Å². The van der Waals surface area contributed by atoms with Crippen molar-refractivity contribution in [2.75, 3.05) is 0 Å². The van der Waals surface area contributed by atoms with E-state index in [9.17, 15) is 4.39 Å². The molecule has 0 unspecified atom stereocenters. The maximum atomic E-state index is 13.5. The first-order valence-electron chi connectivity index (χ1n) is 5.77. The maximum absolute atomic E-state index is 13.5. The van der Waals surface area contributed by atoms with Gasteiger partial charge in [-0.15, -0.1) is 0 Å². The van der Waals surface area contributed by atoms with Gasteiger partial charge >= 0.3 is 0 Å². The number of aromatic nitrogens is 1. The fraction of sp³-hybridized carbons (Fsp3) is 0.214. The number of rotatable bonds is 4. The number of aryl methyl sites for hydroxylation is 1. The summed E-state index contributed by atoms with van der Waals surface area (Å²) in [7, 11) is 0. The molecule has 2 rings (SSSR count). The van der Waals surface area contributed by atoms with Crippen LogP contribution >= 0.6 is 11.6 Å². The Labute approximate surface area is 110 Å². The van der Waals surface area contributed by atoms with E-state index in [1.165, 1.54) is 12.1 Å². The molecule has 2 nitrogen and oxygen atoms in total. The number of nitrogens with zero attached hydrogens (tertiary/aromatic N) is 1. The Morgan fingerprint density at radius 2 is 2.11 bits per heavy atom. The fourth-order valence-corrected chi connectivity index (χ4v) is 1.77. The van der Waals surface area contributed by atoms with Gasteiger partial charge in [0.05, 0.1) is 11.2 Å². The lowest BCUT2D eigenvalue weighted by Crippen LogP contribution is -1.92. The summed E-state index contributed by atoms with van der Waals surface area (Å²) < 4.78 is 18.9. The normalized spacial score (nSPS) is 10.4. The summed E-state index contributed by atoms with van der Waals surface area (Å²) in [5.41, 5.74) is 0.990. The molecule has 1 aromatic heterocycles. The Balaban J connectivity index is 2.18. The van der Waals surface area contributed by atoms with Crippen molar-refractivity contribution in [2.24, 2.45) is 0 Å². The SMILES string of the molecule is CCCc1ccc(Oc2c(F)cccc2Cl)cn1. The van der Waals surface area contributed by atoms with Gasteiger partial charge in [0.2, 0.25) is 0 Å². The quantitative estimate of drug-likeness (QED) is 0.805. The first-order chi connectivity index (χ1) is 8.70. The summed E-state index contributed by atoms with van der Waals surface area (Å²) in [6, 6.07) is 8.06. The van der Waals surface area contributed by atoms with Gasteiger partial charge in [0.15, 0.2) is 11.6 Å². The molecule has 0 aliphatic heterocycles. The van der Waals surface area contributed by atoms with E-state index in [2.05, 4.69) is 11.9 Å². The number of ether oxygens (including phenoxy) is 1. The summed E-state index contributed by atoms with van der Waals surface area (Å²) in [6.45, 7) is 2.09. The van der Waals surface area contributed by atoms with E-state index in [-0.39, 0.29) is 10.8 Å². The molecule has 1 aromatic carbocycles. The molecular weight excluding hydrogens is 253 g/mol. The van der Waals surface area contributed by atoms with E-state index in [4.69, 9.17) is 16.3 Å². The number of hydrogen-bond acceptors (Lipinski definition) is 2. The minimum Gasteiger partial charge on any atom is -0.451 e. The zero-order chi connectivity index (χ0) is 13.0. The van der Waals surface area contributed by atoms with Gasteiger partial charge in [-0.25, -0.2) is 4.39 Å². The molecule has 0 aliphatic carbocycles. The van der Waals surface area contributed by atoms with Crippen LogP contribution in [0.15, 0.2) is 36.5 Å². The van der Waals surface area contributed by atoms with Crippen molar-refractivity contribution in [1.82, 2.24) is 4.98 Å². The number of benzene rings is 1. The average Bonchev–Trinajstić information content (AvgIpc) is 2.36. The Bertz CT molecular complexity index is 508. The monoisotopic (exact) mass is 265 g/mol. The maximum Gasteiger partial charge on any atom is 0.181 e. The Morgan fingerprint density at radius 1 is 1.28 bits per heavy atom. The van der Waals surface area contributed by atoms with Crippen molar-refractivity contribution in [1.29, 1.82) is 0 Å². The molecular formula is C14H13ClFNO. The van der Waals surface area contributed by atoms with Crippen LogP contribution in [0.5, 0.6) is 11.5 Å². The topological polar surface area (TPSA) is 22.1 Å². The van der Waals surface area contributed by atoms with E-state index in [1.54, 1.807) is 18.3 Å². The van der Waals surface area contributed by atoms with Crippen LogP contribution in [0.25, 0.3) is 0 Å². The summed E-state index contributed by atoms with van der Waals surface area (Å²) in [6.07, 6.45) is 3.53. The lowest BCUT2D eigenvalue weighted by Gasteiger charge is -2.08. The number of pyridine rings is 1. The molecule has 0 amide bonds. The Kier molecular flexibility index (Phi) is 4.15. The first kappa shape index (κ1) is 12.8. The first-order valence-corrected chi connectivity index (χ1v) is 6.15. The van der Waals surface area contributed by atoms with Crippen LogP contribution in [0.4, 0.5) is 4.39 Å². The molecule has 0 spiro atoms. The van der Waals surface area contributed by atoms with Crippen molar-refractivity contribution >= 4 is 11.6 Å². The molecule has 0 aliphatic rings. The molecule has 0 saturated heterocycles. The lowest BCUT2D eigenvalue weighted by atomic mass is 10.2. The highest BCUT2D eigenvalue weighted by atomic mass is 35.5. The third-order valence-corrected chi connectivity index (χ3v) is 2.74. The van der Waals surface area contributed by atoms with Gasteiger partial charge in [0, 0.05) is 5.69 Å². The summed E-state index contributed by atoms with van der Waals surface area (Å²) in [5, 5.41) is 0.243. The minimum atomic E-state index is -0.486. The fourth-order valence-electron chi connectivity index (χ4n) is 1.57.